The van der Waals surface area contributed by atoms with Crippen molar-refractivity contribution >= 4 is 33.3 Å². The fraction of sp³-hybridized carbons (Fsp3) is 0.520. The number of aryl methyl sites for hydroxylation is 3. The van der Waals surface area contributed by atoms with Crippen molar-refractivity contribution in [2.75, 3.05) is 5.75 Å². The summed E-state index contributed by atoms with van der Waals surface area (Å²) >= 11 is 3.54. The average molecular weight is 441 g/mol. The molecule has 2 aromatic heterocycles. The minimum absolute atomic E-state index is 0.184. The van der Waals surface area contributed by atoms with E-state index in [1.165, 1.54) is 60.9 Å². The minimum Gasteiger partial charge on any atom is -0.287 e. The van der Waals surface area contributed by atoms with E-state index in [9.17, 15) is 4.79 Å². The molecule has 0 saturated carbocycles. The smallest absolute Gasteiger partial charge is 0.263 e. The Morgan fingerprint density at radius 1 is 1.07 bits per heavy atom. The van der Waals surface area contributed by atoms with Crippen molar-refractivity contribution in [2.24, 2.45) is 0 Å². The van der Waals surface area contributed by atoms with Crippen molar-refractivity contribution < 1.29 is 0 Å². The Morgan fingerprint density at radius 2 is 1.87 bits per heavy atom. The van der Waals surface area contributed by atoms with Gasteiger partial charge in [0.2, 0.25) is 0 Å². The Hall–Kier alpha value is -1.59. The molecule has 160 valence electrons. The van der Waals surface area contributed by atoms with Crippen molar-refractivity contribution in [3.05, 3.63) is 56.7 Å². The molecule has 0 spiro atoms. The predicted molar refractivity (Wildman–Crippen MR) is 130 cm³/mol. The monoisotopic (exact) mass is 440 g/mol. The Morgan fingerprint density at radius 3 is 2.70 bits per heavy atom. The summed E-state index contributed by atoms with van der Waals surface area (Å²) in [4.78, 5) is 21.0. The van der Waals surface area contributed by atoms with Gasteiger partial charge in [-0.2, -0.15) is 0 Å². The number of thiophene rings is 1. The topological polar surface area (TPSA) is 34.9 Å². The highest BCUT2D eigenvalue weighted by Gasteiger charge is 2.22. The zero-order valence-electron chi connectivity index (χ0n) is 18.0. The van der Waals surface area contributed by atoms with Crippen molar-refractivity contribution in [2.45, 2.75) is 82.8 Å². The van der Waals surface area contributed by atoms with Gasteiger partial charge in [0.25, 0.3) is 5.56 Å². The minimum atomic E-state index is 0.184. The van der Waals surface area contributed by atoms with Gasteiger partial charge in [-0.25, -0.2) is 4.98 Å². The van der Waals surface area contributed by atoms with Gasteiger partial charge in [-0.05, 0) is 49.7 Å². The van der Waals surface area contributed by atoms with E-state index >= 15 is 0 Å². The Balaban J connectivity index is 1.60. The van der Waals surface area contributed by atoms with Crippen LogP contribution in [0.3, 0.4) is 0 Å². The fourth-order valence-corrected chi connectivity index (χ4v) is 6.61. The van der Waals surface area contributed by atoms with Crippen molar-refractivity contribution in [1.82, 2.24) is 9.55 Å². The first-order valence-electron chi connectivity index (χ1n) is 11.5. The molecule has 3 aromatic rings. The summed E-state index contributed by atoms with van der Waals surface area (Å²) in [6, 6.07) is 10.5. The lowest BCUT2D eigenvalue weighted by Crippen LogP contribution is -2.25. The quantitative estimate of drug-likeness (QED) is 0.201. The first-order chi connectivity index (χ1) is 14.8. The van der Waals surface area contributed by atoms with Crippen LogP contribution in [-0.4, -0.2) is 15.3 Å². The number of nitrogens with zero attached hydrogens (tertiary/aromatic N) is 2. The lowest BCUT2D eigenvalue weighted by atomic mass is 9.97. The van der Waals surface area contributed by atoms with Crippen LogP contribution < -0.4 is 5.56 Å². The highest BCUT2D eigenvalue weighted by molar-refractivity contribution is 7.99. The van der Waals surface area contributed by atoms with Crippen LogP contribution in [0.2, 0.25) is 0 Å². The van der Waals surface area contributed by atoms with Gasteiger partial charge in [-0.1, -0.05) is 74.7 Å². The van der Waals surface area contributed by atoms with Crippen LogP contribution in [0.1, 0.15) is 67.9 Å². The van der Waals surface area contributed by atoms with Crippen molar-refractivity contribution in [1.29, 1.82) is 0 Å². The number of fused-ring (bicyclic) bond motifs is 3. The first-order valence-corrected chi connectivity index (χ1v) is 13.3. The molecule has 0 fully saturated rings. The van der Waals surface area contributed by atoms with Gasteiger partial charge in [0.15, 0.2) is 5.16 Å². The Labute approximate surface area is 187 Å². The highest BCUT2D eigenvalue weighted by Crippen LogP contribution is 2.34. The number of benzene rings is 1. The van der Waals surface area contributed by atoms with Gasteiger partial charge in [0.1, 0.15) is 4.83 Å². The van der Waals surface area contributed by atoms with E-state index in [4.69, 9.17) is 4.98 Å². The second kappa shape index (κ2) is 10.6. The number of hydrogen-bond donors (Lipinski definition) is 0. The first kappa shape index (κ1) is 21.6. The van der Waals surface area contributed by atoms with E-state index in [1.54, 1.807) is 23.1 Å². The van der Waals surface area contributed by atoms with E-state index in [0.29, 0.717) is 6.54 Å². The molecule has 0 amide bonds. The third-order valence-corrected chi connectivity index (χ3v) is 8.23. The second-order valence-corrected chi connectivity index (χ2v) is 10.4. The van der Waals surface area contributed by atoms with Crippen LogP contribution in [0.4, 0.5) is 0 Å². The van der Waals surface area contributed by atoms with E-state index in [2.05, 4.69) is 31.2 Å². The average Bonchev–Trinajstić information content (AvgIpc) is 3.15. The molecule has 0 bridgehead atoms. The lowest BCUT2D eigenvalue weighted by Gasteiger charge is -2.13. The fourth-order valence-electron chi connectivity index (χ4n) is 4.28. The molecule has 0 radical (unpaired) electrons. The number of hydrogen-bond acceptors (Lipinski definition) is 4. The van der Waals surface area contributed by atoms with Crippen LogP contribution in [0, 0.1) is 0 Å². The zero-order chi connectivity index (χ0) is 20.8. The Kier molecular flexibility index (Phi) is 7.67. The molecule has 2 heterocycles. The number of thioether (sulfide) groups is 1. The van der Waals surface area contributed by atoms with Gasteiger partial charge >= 0.3 is 0 Å². The summed E-state index contributed by atoms with van der Waals surface area (Å²) < 4.78 is 1.97. The summed E-state index contributed by atoms with van der Waals surface area (Å²) in [7, 11) is 0. The molecule has 0 unspecified atom stereocenters. The van der Waals surface area contributed by atoms with Crippen molar-refractivity contribution in [3.8, 4) is 0 Å². The van der Waals surface area contributed by atoms with E-state index < -0.39 is 0 Å². The molecule has 1 aliphatic carbocycles. The summed E-state index contributed by atoms with van der Waals surface area (Å²) in [5, 5.41) is 1.83. The normalized spacial score (nSPS) is 13.6. The second-order valence-electron chi connectivity index (χ2n) is 8.24. The largest absolute Gasteiger partial charge is 0.287 e. The lowest BCUT2D eigenvalue weighted by molar-refractivity contribution is 0.594. The molecule has 0 atom stereocenters. The molecular weight excluding hydrogens is 408 g/mol. The third-order valence-electron chi connectivity index (χ3n) is 5.99. The van der Waals surface area contributed by atoms with Gasteiger partial charge in [0, 0.05) is 17.2 Å². The molecule has 30 heavy (non-hydrogen) atoms. The maximum atomic E-state index is 13.6. The van der Waals surface area contributed by atoms with Gasteiger partial charge in [-0.15, -0.1) is 11.3 Å². The Bertz CT molecular complexity index is 1020. The predicted octanol–water partition coefficient (Wildman–Crippen LogP) is 6.64. The molecule has 4 rings (SSSR count). The molecule has 3 nitrogen and oxygen atoms in total. The van der Waals surface area contributed by atoms with Gasteiger partial charge < -0.3 is 0 Å². The number of unbranched alkanes of at least 4 members (excludes halogenated alkanes) is 4. The van der Waals surface area contributed by atoms with Crippen LogP contribution in [0.15, 0.2) is 40.3 Å². The third kappa shape index (κ3) is 5.00. The van der Waals surface area contributed by atoms with Crippen molar-refractivity contribution in [3.63, 3.8) is 0 Å². The van der Waals surface area contributed by atoms with E-state index in [1.807, 2.05) is 10.6 Å². The maximum absolute atomic E-state index is 13.6. The molecule has 0 saturated heterocycles. The van der Waals surface area contributed by atoms with Crippen LogP contribution in [0.5, 0.6) is 0 Å². The number of aromatic nitrogens is 2. The van der Waals surface area contributed by atoms with E-state index in [-0.39, 0.29) is 5.56 Å². The molecule has 5 heteroatoms. The van der Waals surface area contributed by atoms with Crippen LogP contribution >= 0.6 is 23.1 Å². The molecule has 0 N–H and O–H groups in total. The van der Waals surface area contributed by atoms with Crippen LogP contribution in [0.25, 0.3) is 10.2 Å². The van der Waals surface area contributed by atoms with E-state index in [0.717, 1.165) is 40.4 Å². The number of rotatable bonds is 10. The molecular formula is C25H32N2OS2. The summed E-state index contributed by atoms with van der Waals surface area (Å²) in [5.74, 6) is 1.04. The molecule has 0 aliphatic heterocycles. The molecule has 1 aromatic carbocycles. The highest BCUT2D eigenvalue weighted by atomic mass is 32.2. The zero-order valence-corrected chi connectivity index (χ0v) is 19.6. The summed E-state index contributed by atoms with van der Waals surface area (Å²) in [6.07, 6.45) is 11.8. The standard InChI is InChI=1S/C25H32N2OS2/c1-2-3-4-5-11-18-29-25-26-23-22(20-14-9-10-15-21(20)30-23)24(28)27(25)17-16-19-12-7-6-8-13-19/h6-8,12-13H,2-5,9-11,14-18H2,1H3. The maximum Gasteiger partial charge on any atom is 0.263 e. The summed E-state index contributed by atoms with van der Waals surface area (Å²) in [6.45, 7) is 2.95. The molecule has 1 aliphatic rings. The van der Waals surface area contributed by atoms with Crippen LogP contribution in [-0.2, 0) is 25.8 Å². The summed E-state index contributed by atoms with van der Waals surface area (Å²) in [5.41, 5.74) is 2.75. The SMILES string of the molecule is CCCCCCCSc1nc2sc3c(c2c(=O)n1CCc1ccccc1)CCCC3. The van der Waals surface area contributed by atoms with Gasteiger partial charge in [-0.3, -0.25) is 9.36 Å². The van der Waals surface area contributed by atoms with Gasteiger partial charge in [0.05, 0.1) is 5.39 Å².